The molecule has 0 unspecified atom stereocenters. The van der Waals surface area contributed by atoms with Crippen molar-refractivity contribution in [1.82, 2.24) is 4.98 Å². The van der Waals surface area contributed by atoms with Crippen molar-refractivity contribution in [1.29, 1.82) is 0 Å². The number of nitrogens with two attached hydrogens (primary N) is 1. The largest absolute Gasteiger partial charge is 0.354 e. The van der Waals surface area contributed by atoms with Gasteiger partial charge in [-0.05, 0) is 44.4 Å². The maximum absolute atomic E-state index is 5.60. The normalized spacial score (nSPS) is 11.6. The van der Waals surface area contributed by atoms with Crippen LogP contribution in [0.4, 0.5) is 5.82 Å². The van der Waals surface area contributed by atoms with Crippen LogP contribution in [0.25, 0.3) is 0 Å². The second kappa shape index (κ2) is 4.83. The van der Waals surface area contributed by atoms with Crippen LogP contribution in [0.1, 0.15) is 38.3 Å². The Morgan fingerprint density at radius 2 is 2.06 bits per heavy atom. The number of anilines is 1. The van der Waals surface area contributed by atoms with E-state index in [1.165, 1.54) is 5.56 Å². The summed E-state index contributed by atoms with van der Waals surface area (Å²) in [6.07, 6.45) is 2.95. The van der Waals surface area contributed by atoms with Crippen molar-refractivity contribution in [2.75, 3.05) is 11.9 Å². The molecule has 0 aromatic carbocycles. The van der Waals surface area contributed by atoms with E-state index >= 15 is 0 Å². The summed E-state index contributed by atoms with van der Waals surface area (Å²) in [5.41, 5.74) is 8.00. The Kier molecular flexibility index (Phi) is 3.92. The molecule has 90 valence electrons. The van der Waals surface area contributed by atoms with Gasteiger partial charge in [-0.2, -0.15) is 0 Å². The van der Waals surface area contributed by atoms with Crippen molar-refractivity contribution in [2.24, 2.45) is 5.73 Å². The van der Waals surface area contributed by atoms with Crippen LogP contribution in [0, 0.1) is 6.92 Å². The summed E-state index contributed by atoms with van der Waals surface area (Å²) in [7, 11) is 2.10. The summed E-state index contributed by atoms with van der Waals surface area (Å²) in [5.74, 6) is 1.05. The SMILES string of the molecule is CCC(C)(C)N(C)c1ncc(CN)cc1C. The van der Waals surface area contributed by atoms with Gasteiger partial charge in [0.15, 0.2) is 0 Å². The smallest absolute Gasteiger partial charge is 0.131 e. The molecule has 1 rings (SSSR count). The summed E-state index contributed by atoms with van der Waals surface area (Å²) in [5, 5.41) is 0. The monoisotopic (exact) mass is 221 g/mol. The summed E-state index contributed by atoms with van der Waals surface area (Å²) < 4.78 is 0. The van der Waals surface area contributed by atoms with Crippen LogP contribution in [-0.4, -0.2) is 17.6 Å². The van der Waals surface area contributed by atoms with E-state index in [1.807, 2.05) is 6.20 Å². The lowest BCUT2D eigenvalue weighted by Gasteiger charge is -2.36. The molecule has 16 heavy (non-hydrogen) atoms. The van der Waals surface area contributed by atoms with Crippen LogP contribution in [0.2, 0.25) is 0 Å². The van der Waals surface area contributed by atoms with Crippen molar-refractivity contribution in [3.8, 4) is 0 Å². The van der Waals surface area contributed by atoms with Gasteiger partial charge in [-0.3, -0.25) is 0 Å². The number of nitrogens with zero attached hydrogens (tertiary/aromatic N) is 2. The number of aromatic nitrogens is 1. The van der Waals surface area contributed by atoms with Gasteiger partial charge in [-0.25, -0.2) is 4.98 Å². The Morgan fingerprint density at radius 1 is 1.44 bits per heavy atom. The molecule has 0 spiro atoms. The van der Waals surface area contributed by atoms with Crippen LogP contribution in [0.15, 0.2) is 12.3 Å². The average molecular weight is 221 g/mol. The molecule has 2 N–H and O–H groups in total. The highest BCUT2D eigenvalue weighted by Gasteiger charge is 2.23. The van der Waals surface area contributed by atoms with E-state index in [9.17, 15) is 0 Å². The van der Waals surface area contributed by atoms with Gasteiger partial charge in [0.2, 0.25) is 0 Å². The fourth-order valence-electron chi connectivity index (χ4n) is 1.61. The van der Waals surface area contributed by atoms with Crippen LogP contribution in [0.3, 0.4) is 0 Å². The van der Waals surface area contributed by atoms with Gasteiger partial charge >= 0.3 is 0 Å². The van der Waals surface area contributed by atoms with Gasteiger partial charge in [-0.15, -0.1) is 0 Å². The first kappa shape index (κ1) is 13.0. The fourth-order valence-corrected chi connectivity index (χ4v) is 1.61. The summed E-state index contributed by atoms with van der Waals surface area (Å²) in [4.78, 5) is 6.75. The van der Waals surface area contributed by atoms with Crippen molar-refractivity contribution < 1.29 is 0 Å². The highest BCUT2D eigenvalue weighted by molar-refractivity contribution is 5.48. The predicted molar refractivity (Wildman–Crippen MR) is 69.6 cm³/mol. The van der Waals surface area contributed by atoms with Crippen LogP contribution in [-0.2, 0) is 6.54 Å². The molecule has 0 atom stereocenters. The topological polar surface area (TPSA) is 42.2 Å². The lowest BCUT2D eigenvalue weighted by atomic mass is 9.99. The van der Waals surface area contributed by atoms with E-state index in [1.54, 1.807) is 0 Å². The highest BCUT2D eigenvalue weighted by atomic mass is 15.2. The predicted octanol–water partition coefficient (Wildman–Crippen LogP) is 2.47. The average Bonchev–Trinajstić information content (AvgIpc) is 2.28. The molecule has 0 aliphatic heterocycles. The minimum absolute atomic E-state index is 0.127. The second-order valence-corrected chi connectivity index (χ2v) is 4.91. The van der Waals surface area contributed by atoms with Crippen molar-refractivity contribution in [3.05, 3.63) is 23.4 Å². The maximum Gasteiger partial charge on any atom is 0.131 e. The lowest BCUT2D eigenvalue weighted by Crippen LogP contribution is -2.41. The minimum atomic E-state index is 0.127. The van der Waals surface area contributed by atoms with E-state index in [0.29, 0.717) is 6.54 Å². The van der Waals surface area contributed by atoms with Gasteiger partial charge in [0.25, 0.3) is 0 Å². The van der Waals surface area contributed by atoms with Crippen LogP contribution < -0.4 is 10.6 Å². The zero-order valence-electron chi connectivity index (χ0n) is 11.0. The van der Waals surface area contributed by atoms with E-state index in [2.05, 4.69) is 50.7 Å². The second-order valence-electron chi connectivity index (χ2n) is 4.91. The Labute approximate surface area is 98.7 Å². The maximum atomic E-state index is 5.60. The van der Waals surface area contributed by atoms with Crippen molar-refractivity contribution in [2.45, 2.75) is 46.2 Å². The lowest BCUT2D eigenvalue weighted by molar-refractivity contribution is 0.466. The number of hydrogen-bond acceptors (Lipinski definition) is 3. The first-order chi connectivity index (χ1) is 7.42. The molecule has 3 nitrogen and oxygen atoms in total. The molecular weight excluding hydrogens is 198 g/mol. The molecule has 1 heterocycles. The molecule has 0 saturated heterocycles. The Morgan fingerprint density at radius 3 is 2.50 bits per heavy atom. The number of pyridine rings is 1. The molecule has 0 amide bonds. The van der Waals surface area contributed by atoms with Gasteiger partial charge in [0.1, 0.15) is 5.82 Å². The number of rotatable bonds is 4. The quantitative estimate of drug-likeness (QED) is 0.849. The van der Waals surface area contributed by atoms with E-state index in [0.717, 1.165) is 17.8 Å². The molecule has 0 saturated carbocycles. The van der Waals surface area contributed by atoms with Gasteiger partial charge in [-0.1, -0.05) is 6.92 Å². The molecule has 0 aliphatic carbocycles. The summed E-state index contributed by atoms with van der Waals surface area (Å²) >= 11 is 0. The molecule has 1 aromatic heterocycles. The third-order valence-corrected chi connectivity index (χ3v) is 3.43. The summed E-state index contributed by atoms with van der Waals surface area (Å²) in [6, 6.07) is 2.12. The molecular formula is C13H23N3. The van der Waals surface area contributed by atoms with Crippen LogP contribution in [0.5, 0.6) is 0 Å². The number of hydrogen-bond donors (Lipinski definition) is 1. The van der Waals surface area contributed by atoms with Gasteiger partial charge in [0.05, 0.1) is 0 Å². The van der Waals surface area contributed by atoms with E-state index < -0.39 is 0 Å². The Bertz CT molecular complexity index is 358. The van der Waals surface area contributed by atoms with Crippen molar-refractivity contribution >= 4 is 5.82 Å². The summed E-state index contributed by atoms with van der Waals surface area (Å²) in [6.45, 7) is 9.29. The molecule has 1 aromatic rings. The zero-order valence-corrected chi connectivity index (χ0v) is 11.0. The van der Waals surface area contributed by atoms with E-state index in [4.69, 9.17) is 5.73 Å². The standard InChI is InChI=1S/C13H23N3/c1-6-13(3,4)16(5)12-10(2)7-11(8-14)9-15-12/h7,9H,6,8,14H2,1-5H3. The molecule has 0 fully saturated rings. The van der Waals surface area contributed by atoms with Gasteiger partial charge < -0.3 is 10.6 Å². The first-order valence-electron chi connectivity index (χ1n) is 5.81. The molecule has 3 heteroatoms. The zero-order chi connectivity index (χ0) is 12.3. The third kappa shape index (κ3) is 2.53. The third-order valence-electron chi connectivity index (χ3n) is 3.43. The van der Waals surface area contributed by atoms with Crippen LogP contribution >= 0.6 is 0 Å². The van der Waals surface area contributed by atoms with E-state index in [-0.39, 0.29) is 5.54 Å². The van der Waals surface area contributed by atoms with Gasteiger partial charge in [0, 0.05) is 25.3 Å². The number of aryl methyl sites for hydroxylation is 1. The highest BCUT2D eigenvalue weighted by Crippen LogP contribution is 2.25. The first-order valence-corrected chi connectivity index (χ1v) is 5.81. The molecule has 0 radical (unpaired) electrons. The fraction of sp³-hybridized carbons (Fsp3) is 0.615. The molecule has 0 aliphatic rings. The Balaban J connectivity index is 3.05. The minimum Gasteiger partial charge on any atom is -0.354 e. The Hall–Kier alpha value is -1.09. The molecule has 0 bridgehead atoms. The van der Waals surface area contributed by atoms with Crippen molar-refractivity contribution in [3.63, 3.8) is 0 Å².